The van der Waals surface area contributed by atoms with E-state index in [0.717, 1.165) is 10.8 Å². The maximum atomic E-state index is 12.9. The number of hydrogen-bond acceptors (Lipinski definition) is 6. The molecule has 3 heterocycles. The van der Waals surface area contributed by atoms with Crippen LogP contribution in [0.2, 0.25) is 0 Å². The fraction of sp³-hybridized carbons (Fsp3) is 0.0476. The third-order valence-corrected chi connectivity index (χ3v) is 4.51. The van der Waals surface area contributed by atoms with Crippen molar-refractivity contribution in [3.8, 4) is 11.5 Å². The SMILES string of the molecule is Nc1cc(Nc2cccc3c2OCO3)nc(C(=O)n2cc3ccccc3c2)c1. The molecular formula is C21H16N4O3. The molecular weight excluding hydrogens is 356 g/mol. The molecule has 0 bridgehead atoms. The normalized spacial score (nSPS) is 12.3. The zero-order chi connectivity index (χ0) is 19.1. The first-order chi connectivity index (χ1) is 13.7. The van der Waals surface area contributed by atoms with Crippen molar-refractivity contribution in [2.75, 3.05) is 17.8 Å². The van der Waals surface area contributed by atoms with Crippen molar-refractivity contribution in [1.82, 2.24) is 9.55 Å². The van der Waals surface area contributed by atoms with Crippen molar-refractivity contribution in [3.63, 3.8) is 0 Å². The minimum absolute atomic E-state index is 0.170. The van der Waals surface area contributed by atoms with Crippen LogP contribution in [0.5, 0.6) is 11.5 Å². The van der Waals surface area contributed by atoms with Crippen LogP contribution in [0.4, 0.5) is 17.2 Å². The van der Waals surface area contributed by atoms with E-state index in [4.69, 9.17) is 15.2 Å². The molecule has 0 saturated carbocycles. The van der Waals surface area contributed by atoms with Crippen LogP contribution < -0.4 is 20.5 Å². The maximum absolute atomic E-state index is 12.9. The first-order valence-electron chi connectivity index (χ1n) is 8.72. The van der Waals surface area contributed by atoms with Crippen LogP contribution in [-0.4, -0.2) is 22.3 Å². The van der Waals surface area contributed by atoms with Gasteiger partial charge in [-0.2, -0.15) is 0 Å². The Morgan fingerprint density at radius 1 is 1.04 bits per heavy atom. The summed E-state index contributed by atoms with van der Waals surface area (Å²) in [4.78, 5) is 17.4. The molecule has 2 aromatic heterocycles. The smallest absolute Gasteiger partial charge is 0.280 e. The lowest BCUT2D eigenvalue weighted by Crippen LogP contribution is -2.13. The largest absolute Gasteiger partial charge is 0.454 e. The van der Waals surface area contributed by atoms with Crippen LogP contribution in [0, 0.1) is 0 Å². The van der Waals surface area contributed by atoms with E-state index in [0.29, 0.717) is 28.7 Å². The molecule has 2 aromatic carbocycles. The van der Waals surface area contributed by atoms with Crippen LogP contribution in [-0.2, 0) is 0 Å². The van der Waals surface area contributed by atoms with Crippen LogP contribution >= 0.6 is 0 Å². The summed E-state index contributed by atoms with van der Waals surface area (Å²) in [6, 6.07) is 16.5. The number of para-hydroxylation sites is 1. The molecule has 0 radical (unpaired) electrons. The van der Waals surface area contributed by atoms with Crippen LogP contribution in [0.25, 0.3) is 10.8 Å². The summed E-state index contributed by atoms with van der Waals surface area (Å²) in [5, 5.41) is 5.12. The number of benzene rings is 2. The van der Waals surface area contributed by atoms with Gasteiger partial charge in [-0.3, -0.25) is 9.36 Å². The number of fused-ring (bicyclic) bond motifs is 2. The van der Waals surface area contributed by atoms with E-state index in [-0.39, 0.29) is 18.4 Å². The second-order valence-electron chi connectivity index (χ2n) is 6.43. The number of pyridine rings is 1. The number of carbonyl (C=O) groups excluding carboxylic acids is 1. The average Bonchev–Trinajstić information content (AvgIpc) is 3.34. The number of aromatic nitrogens is 2. The van der Waals surface area contributed by atoms with E-state index in [2.05, 4.69) is 10.3 Å². The topological polar surface area (TPSA) is 91.4 Å². The van der Waals surface area contributed by atoms with Gasteiger partial charge in [-0.25, -0.2) is 4.98 Å². The second-order valence-corrected chi connectivity index (χ2v) is 6.43. The van der Waals surface area contributed by atoms with Crippen molar-refractivity contribution in [1.29, 1.82) is 0 Å². The molecule has 7 heteroatoms. The predicted molar refractivity (Wildman–Crippen MR) is 106 cm³/mol. The lowest BCUT2D eigenvalue weighted by Gasteiger charge is -2.11. The Kier molecular flexibility index (Phi) is 3.65. The summed E-state index contributed by atoms with van der Waals surface area (Å²) in [5.74, 6) is 1.45. The Morgan fingerprint density at radius 3 is 2.61 bits per heavy atom. The Hall–Kier alpha value is -4.00. The Labute approximate surface area is 160 Å². The third-order valence-electron chi connectivity index (χ3n) is 4.51. The molecule has 1 aliphatic heterocycles. The zero-order valence-corrected chi connectivity index (χ0v) is 14.8. The summed E-state index contributed by atoms with van der Waals surface area (Å²) in [6.45, 7) is 0.170. The Balaban J connectivity index is 1.49. The molecule has 3 N–H and O–H groups in total. The number of nitrogen functional groups attached to an aromatic ring is 1. The molecule has 0 spiro atoms. The number of carbonyl (C=O) groups is 1. The number of nitrogens with zero attached hydrogens (tertiary/aromatic N) is 2. The highest BCUT2D eigenvalue weighted by molar-refractivity contribution is 5.98. The number of anilines is 3. The minimum atomic E-state index is -0.260. The molecule has 4 aromatic rings. The fourth-order valence-electron chi connectivity index (χ4n) is 3.22. The molecule has 138 valence electrons. The lowest BCUT2D eigenvalue weighted by molar-refractivity contribution is 0.0956. The quantitative estimate of drug-likeness (QED) is 0.569. The van der Waals surface area contributed by atoms with Crippen LogP contribution in [0.1, 0.15) is 10.5 Å². The Bertz CT molecular complexity index is 1180. The van der Waals surface area contributed by atoms with E-state index in [1.54, 1.807) is 24.5 Å². The number of nitrogens with two attached hydrogens (primary N) is 1. The molecule has 0 aliphatic carbocycles. The summed E-state index contributed by atoms with van der Waals surface area (Å²) < 4.78 is 12.4. The van der Waals surface area contributed by atoms with Crippen molar-refractivity contribution in [3.05, 3.63) is 72.7 Å². The summed E-state index contributed by atoms with van der Waals surface area (Å²) in [6.07, 6.45) is 3.57. The van der Waals surface area contributed by atoms with Gasteiger partial charge in [0.15, 0.2) is 11.5 Å². The van der Waals surface area contributed by atoms with Gasteiger partial charge >= 0.3 is 0 Å². The number of rotatable bonds is 3. The first-order valence-corrected chi connectivity index (χ1v) is 8.72. The van der Waals surface area contributed by atoms with Gasteiger partial charge < -0.3 is 20.5 Å². The van der Waals surface area contributed by atoms with Crippen LogP contribution in [0.15, 0.2) is 67.0 Å². The highest BCUT2D eigenvalue weighted by Gasteiger charge is 2.19. The zero-order valence-electron chi connectivity index (χ0n) is 14.8. The molecule has 0 fully saturated rings. The fourth-order valence-corrected chi connectivity index (χ4v) is 3.22. The second kappa shape index (κ2) is 6.31. The van der Waals surface area contributed by atoms with Crippen LogP contribution in [0.3, 0.4) is 0 Å². The molecule has 28 heavy (non-hydrogen) atoms. The average molecular weight is 372 g/mol. The maximum Gasteiger partial charge on any atom is 0.280 e. The van der Waals surface area contributed by atoms with Gasteiger partial charge in [0.2, 0.25) is 6.79 Å². The third kappa shape index (κ3) is 2.79. The van der Waals surface area contributed by atoms with Crippen molar-refractivity contribution in [2.45, 2.75) is 0 Å². The van der Waals surface area contributed by atoms with Gasteiger partial charge in [-0.05, 0) is 29.0 Å². The van der Waals surface area contributed by atoms with E-state index in [9.17, 15) is 4.79 Å². The molecule has 0 unspecified atom stereocenters. The van der Waals surface area contributed by atoms with Gasteiger partial charge in [-0.15, -0.1) is 0 Å². The molecule has 7 nitrogen and oxygen atoms in total. The van der Waals surface area contributed by atoms with Crippen molar-refractivity contribution < 1.29 is 14.3 Å². The molecule has 1 aliphatic rings. The number of hydrogen-bond donors (Lipinski definition) is 2. The van der Waals surface area contributed by atoms with E-state index < -0.39 is 0 Å². The van der Waals surface area contributed by atoms with Crippen molar-refractivity contribution in [2.24, 2.45) is 0 Å². The van der Waals surface area contributed by atoms with Gasteiger partial charge in [0, 0.05) is 24.1 Å². The minimum Gasteiger partial charge on any atom is -0.454 e. The molecule has 0 saturated heterocycles. The monoisotopic (exact) mass is 372 g/mol. The first kappa shape index (κ1) is 16.2. The van der Waals surface area contributed by atoms with Gasteiger partial charge in [0.1, 0.15) is 11.5 Å². The summed E-state index contributed by atoms with van der Waals surface area (Å²) in [7, 11) is 0. The Morgan fingerprint density at radius 2 is 1.82 bits per heavy atom. The van der Waals surface area contributed by atoms with Gasteiger partial charge in [-0.1, -0.05) is 30.3 Å². The number of ether oxygens (including phenoxy) is 2. The molecule has 0 atom stereocenters. The van der Waals surface area contributed by atoms with E-state index in [1.807, 2.05) is 42.5 Å². The summed E-state index contributed by atoms with van der Waals surface area (Å²) in [5.41, 5.74) is 7.39. The summed E-state index contributed by atoms with van der Waals surface area (Å²) >= 11 is 0. The van der Waals surface area contributed by atoms with Gasteiger partial charge in [0.25, 0.3) is 5.91 Å². The standard InChI is InChI=1S/C21H16N4O3/c22-15-8-17(21(26)25-10-13-4-1-2-5-14(13)11-25)24-19(9-15)23-16-6-3-7-18-20(16)28-12-27-18/h1-11H,12H2,(H3,22,23,24). The predicted octanol–water partition coefficient (Wildman–Crippen LogP) is 3.78. The highest BCUT2D eigenvalue weighted by Crippen LogP contribution is 2.40. The van der Waals surface area contributed by atoms with Crippen molar-refractivity contribution >= 4 is 33.9 Å². The lowest BCUT2D eigenvalue weighted by atomic mass is 10.2. The molecule has 5 rings (SSSR count). The van der Waals surface area contributed by atoms with E-state index in [1.165, 1.54) is 4.57 Å². The van der Waals surface area contributed by atoms with E-state index >= 15 is 0 Å². The number of nitrogens with one attached hydrogen (secondary N) is 1. The van der Waals surface area contributed by atoms with Gasteiger partial charge in [0.05, 0.1) is 5.69 Å². The molecule has 0 amide bonds. The highest BCUT2D eigenvalue weighted by atomic mass is 16.7.